The molecule has 0 fully saturated rings. The number of nitrogens with zero attached hydrogens (tertiary/aromatic N) is 1. The van der Waals surface area contributed by atoms with E-state index in [-0.39, 0.29) is 11.3 Å². The largest absolute Gasteiger partial charge is 0.197 e. The molecular formula is C15H13N. The van der Waals surface area contributed by atoms with Crippen molar-refractivity contribution >= 4 is 10.8 Å². The Morgan fingerprint density at radius 2 is 1.88 bits per heavy atom. The Morgan fingerprint density at radius 3 is 2.56 bits per heavy atom. The van der Waals surface area contributed by atoms with Gasteiger partial charge in [-0.1, -0.05) is 43.3 Å². The Hall–Kier alpha value is -1.81. The Balaban J connectivity index is 2.51. The van der Waals surface area contributed by atoms with Crippen LogP contribution in [0.5, 0.6) is 0 Å². The molecule has 0 N–H and O–H groups in total. The zero-order valence-corrected chi connectivity index (χ0v) is 9.49. The number of hydrogen-bond donors (Lipinski definition) is 0. The first kappa shape index (κ1) is 9.42. The van der Waals surface area contributed by atoms with E-state index in [4.69, 9.17) is 0 Å². The van der Waals surface area contributed by atoms with Crippen LogP contribution in [0.2, 0.25) is 0 Å². The molecule has 0 saturated carbocycles. The summed E-state index contributed by atoms with van der Waals surface area (Å²) >= 11 is 0. The molecular weight excluding hydrogens is 194 g/mol. The molecule has 0 bridgehead atoms. The highest BCUT2D eigenvalue weighted by Crippen LogP contribution is 2.49. The van der Waals surface area contributed by atoms with E-state index in [0.29, 0.717) is 0 Å². The average Bonchev–Trinajstić information content (AvgIpc) is 2.55. The zero-order chi connectivity index (χ0) is 11.3. The lowest BCUT2D eigenvalue weighted by Crippen LogP contribution is -2.21. The third-order valence-corrected chi connectivity index (χ3v) is 4.06. The summed E-state index contributed by atoms with van der Waals surface area (Å²) in [5, 5.41) is 12.0. The monoisotopic (exact) mass is 207 g/mol. The molecule has 2 aromatic carbocycles. The average molecular weight is 207 g/mol. The summed E-state index contributed by atoms with van der Waals surface area (Å²) in [7, 11) is 0. The van der Waals surface area contributed by atoms with Crippen LogP contribution in [0.4, 0.5) is 0 Å². The van der Waals surface area contributed by atoms with Crippen LogP contribution in [0.1, 0.15) is 30.9 Å². The summed E-state index contributed by atoms with van der Waals surface area (Å²) in [5.74, 6) is 0.276. The van der Waals surface area contributed by atoms with Gasteiger partial charge in [-0.15, -0.1) is 0 Å². The molecule has 3 rings (SSSR count). The third kappa shape index (κ3) is 0.900. The van der Waals surface area contributed by atoms with Crippen LogP contribution in [-0.4, -0.2) is 0 Å². The van der Waals surface area contributed by atoms with Gasteiger partial charge in [-0.25, -0.2) is 0 Å². The fourth-order valence-electron chi connectivity index (χ4n) is 2.86. The van der Waals surface area contributed by atoms with Gasteiger partial charge in [0.15, 0.2) is 0 Å². The van der Waals surface area contributed by atoms with Crippen molar-refractivity contribution in [2.24, 2.45) is 0 Å². The molecule has 0 aromatic heterocycles. The van der Waals surface area contributed by atoms with Crippen molar-refractivity contribution in [2.75, 3.05) is 0 Å². The minimum Gasteiger partial charge on any atom is -0.197 e. The van der Waals surface area contributed by atoms with Crippen molar-refractivity contribution in [2.45, 2.75) is 25.2 Å². The molecule has 0 radical (unpaired) electrons. The summed E-state index contributed by atoms with van der Waals surface area (Å²) in [6.45, 7) is 4.20. The number of rotatable bonds is 0. The highest BCUT2D eigenvalue weighted by molar-refractivity contribution is 5.93. The highest BCUT2D eigenvalue weighted by atomic mass is 14.5. The molecule has 0 heterocycles. The molecule has 2 aromatic rings. The zero-order valence-electron chi connectivity index (χ0n) is 9.49. The van der Waals surface area contributed by atoms with Crippen molar-refractivity contribution in [3.63, 3.8) is 0 Å². The van der Waals surface area contributed by atoms with E-state index in [1.807, 2.05) is 6.92 Å². The lowest BCUT2D eigenvalue weighted by molar-refractivity contribution is 0.530. The SMILES string of the molecule is C[C@H]1c2cccc3cccc(c23)[C@]1(C)C#N. The molecule has 1 nitrogen and oxygen atoms in total. The molecule has 0 aliphatic heterocycles. The van der Waals surface area contributed by atoms with Gasteiger partial charge in [0.2, 0.25) is 0 Å². The first-order chi connectivity index (χ1) is 7.68. The molecule has 0 unspecified atom stereocenters. The number of nitriles is 1. The highest BCUT2D eigenvalue weighted by Gasteiger charge is 2.41. The molecule has 0 amide bonds. The van der Waals surface area contributed by atoms with Crippen LogP contribution in [0.15, 0.2) is 36.4 Å². The van der Waals surface area contributed by atoms with Crippen LogP contribution < -0.4 is 0 Å². The minimum absolute atomic E-state index is 0.276. The van der Waals surface area contributed by atoms with Gasteiger partial charge in [0.25, 0.3) is 0 Å². The van der Waals surface area contributed by atoms with Crippen LogP contribution in [0.25, 0.3) is 10.8 Å². The second-order valence-electron chi connectivity index (χ2n) is 4.79. The number of hydrogen-bond acceptors (Lipinski definition) is 1. The summed E-state index contributed by atoms with van der Waals surface area (Å²) in [4.78, 5) is 0. The smallest absolute Gasteiger partial charge is 0.0866 e. The van der Waals surface area contributed by atoms with Gasteiger partial charge >= 0.3 is 0 Å². The normalized spacial score (nSPS) is 26.9. The van der Waals surface area contributed by atoms with Crippen molar-refractivity contribution < 1.29 is 0 Å². The number of benzene rings is 2. The molecule has 2 atom stereocenters. The van der Waals surface area contributed by atoms with Gasteiger partial charge in [0.05, 0.1) is 11.5 Å². The maximum atomic E-state index is 9.47. The van der Waals surface area contributed by atoms with Crippen LogP contribution in [-0.2, 0) is 5.41 Å². The predicted molar refractivity (Wildman–Crippen MR) is 65.3 cm³/mol. The second kappa shape index (κ2) is 2.86. The Kier molecular flexibility index (Phi) is 1.68. The van der Waals surface area contributed by atoms with Gasteiger partial charge < -0.3 is 0 Å². The molecule has 1 aliphatic rings. The first-order valence-corrected chi connectivity index (χ1v) is 5.62. The van der Waals surface area contributed by atoms with Gasteiger partial charge in [0.1, 0.15) is 0 Å². The van der Waals surface area contributed by atoms with E-state index in [2.05, 4.69) is 49.4 Å². The lowest BCUT2D eigenvalue weighted by Gasteiger charge is -2.22. The van der Waals surface area contributed by atoms with Crippen LogP contribution in [0.3, 0.4) is 0 Å². The molecule has 0 saturated heterocycles. The Labute approximate surface area is 95.3 Å². The topological polar surface area (TPSA) is 23.8 Å². The maximum Gasteiger partial charge on any atom is 0.0866 e. The molecule has 0 spiro atoms. The van der Waals surface area contributed by atoms with Crippen molar-refractivity contribution in [3.05, 3.63) is 47.5 Å². The first-order valence-electron chi connectivity index (χ1n) is 5.62. The molecule has 1 aliphatic carbocycles. The molecule has 16 heavy (non-hydrogen) atoms. The quantitative estimate of drug-likeness (QED) is 0.645. The fraction of sp³-hybridized carbons (Fsp3) is 0.267. The fourth-order valence-corrected chi connectivity index (χ4v) is 2.86. The predicted octanol–water partition coefficient (Wildman–Crippen LogP) is 3.74. The van der Waals surface area contributed by atoms with Gasteiger partial charge in [-0.2, -0.15) is 5.26 Å². The van der Waals surface area contributed by atoms with Gasteiger partial charge in [0, 0.05) is 5.92 Å². The van der Waals surface area contributed by atoms with Crippen molar-refractivity contribution in [3.8, 4) is 6.07 Å². The van der Waals surface area contributed by atoms with Crippen molar-refractivity contribution in [1.29, 1.82) is 5.26 Å². The van der Waals surface area contributed by atoms with E-state index >= 15 is 0 Å². The van der Waals surface area contributed by atoms with Crippen molar-refractivity contribution in [1.82, 2.24) is 0 Å². The van der Waals surface area contributed by atoms with E-state index in [0.717, 1.165) is 0 Å². The van der Waals surface area contributed by atoms with Gasteiger partial charge in [-0.05, 0) is 28.8 Å². The molecule has 78 valence electrons. The van der Waals surface area contributed by atoms with E-state index in [1.165, 1.54) is 21.9 Å². The molecule has 1 heteroatoms. The van der Waals surface area contributed by atoms with E-state index < -0.39 is 0 Å². The van der Waals surface area contributed by atoms with Crippen LogP contribution >= 0.6 is 0 Å². The minimum atomic E-state index is -0.372. The third-order valence-electron chi connectivity index (χ3n) is 4.06. The Morgan fingerprint density at radius 1 is 1.19 bits per heavy atom. The second-order valence-corrected chi connectivity index (χ2v) is 4.79. The van der Waals surface area contributed by atoms with Crippen LogP contribution in [0, 0.1) is 11.3 Å². The summed E-state index contributed by atoms with van der Waals surface area (Å²) in [6.07, 6.45) is 0. The summed E-state index contributed by atoms with van der Waals surface area (Å²) < 4.78 is 0. The lowest BCUT2D eigenvalue weighted by atomic mass is 9.77. The summed E-state index contributed by atoms with van der Waals surface area (Å²) in [5.41, 5.74) is 2.14. The standard InChI is InChI=1S/C15H13N/c1-10-12-7-3-5-11-6-4-8-13(14(11)12)15(10,2)9-16/h3-8,10H,1-2H3/t10-,15+/m0/s1. The van der Waals surface area contributed by atoms with Gasteiger partial charge in [-0.3, -0.25) is 0 Å². The van der Waals surface area contributed by atoms with E-state index in [9.17, 15) is 5.26 Å². The maximum absolute atomic E-state index is 9.47. The summed E-state index contributed by atoms with van der Waals surface area (Å²) in [6, 6.07) is 15.1. The van der Waals surface area contributed by atoms with E-state index in [1.54, 1.807) is 0 Å². The Bertz CT molecular complexity index is 616.